The predicted molar refractivity (Wildman–Crippen MR) is 148 cm³/mol. The lowest BCUT2D eigenvalue weighted by Crippen LogP contribution is -2.27. The van der Waals surface area contributed by atoms with Crippen LogP contribution < -0.4 is 16.4 Å². The van der Waals surface area contributed by atoms with E-state index in [4.69, 9.17) is 10.5 Å². The van der Waals surface area contributed by atoms with Crippen molar-refractivity contribution >= 4 is 23.5 Å². The first kappa shape index (κ1) is 28.5. The number of carbonyl (C=O) groups excluding carboxylic acids is 1. The molecule has 3 aromatic rings. The normalized spacial score (nSPS) is 18.9. The number of rotatable bonds is 7. The monoisotopic (exact) mass is 554 g/mol. The molecule has 1 aromatic heterocycles. The van der Waals surface area contributed by atoms with Gasteiger partial charge < -0.3 is 26.0 Å². The minimum absolute atomic E-state index is 0.0716. The fraction of sp³-hybridized carbons (Fsp3) is 0.321. The summed E-state index contributed by atoms with van der Waals surface area (Å²) >= 11 is 1.48. The van der Waals surface area contributed by atoms with Crippen molar-refractivity contribution in [1.29, 1.82) is 0 Å². The number of methoxy groups -OCH3 is 1. The number of aromatic nitrogens is 2. The maximum atomic E-state index is 13.1. The van der Waals surface area contributed by atoms with Crippen LogP contribution >= 0.6 is 11.8 Å². The molecule has 206 valence electrons. The predicted octanol–water partition coefficient (Wildman–Crippen LogP) is 4.52. The van der Waals surface area contributed by atoms with E-state index in [1.807, 2.05) is 37.3 Å². The molecule has 2 amide bonds. The number of hydrogen-bond acceptors (Lipinski definition) is 7. The molecule has 4 N–H and O–H groups in total. The van der Waals surface area contributed by atoms with Crippen molar-refractivity contribution in [2.24, 2.45) is 5.73 Å². The summed E-state index contributed by atoms with van der Waals surface area (Å²) in [4.78, 5) is 21.9. The van der Waals surface area contributed by atoms with Crippen molar-refractivity contribution in [2.45, 2.75) is 24.6 Å². The van der Waals surface area contributed by atoms with Crippen LogP contribution in [0.25, 0.3) is 5.70 Å². The van der Waals surface area contributed by atoms with Crippen molar-refractivity contribution in [3.63, 3.8) is 0 Å². The molecule has 0 saturated carbocycles. The molecule has 8 nitrogen and oxygen atoms in total. The summed E-state index contributed by atoms with van der Waals surface area (Å²) in [7, 11) is 1.68. The number of hydrogen-bond donors (Lipinski definition) is 3. The summed E-state index contributed by atoms with van der Waals surface area (Å²) in [6, 6.07) is 13.4. The highest BCUT2D eigenvalue weighted by molar-refractivity contribution is 8.03. The van der Waals surface area contributed by atoms with Gasteiger partial charge in [-0.1, -0.05) is 48.2 Å². The molecule has 0 radical (unpaired) electrons. The molecule has 0 spiro atoms. The summed E-state index contributed by atoms with van der Waals surface area (Å²) in [5.41, 5.74) is 8.92. The van der Waals surface area contributed by atoms with E-state index < -0.39 is 17.7 Å². The molecule has 2 atom stereocenters. The molecule has 2 aliphatic heterocycles. The number of urea groups is 1. The number of benzene rings is 2. The van der Waals surface area contributed by atoms with E-state index >= 15 is 0 Å². The molecule has 2 aromatic carbocycles. The smallest absolute Gasteiger partial charge is 0.317 e. The number of primary amides is 1. The highest BCUT2D eigenvalue weighted by atomic mass is 32.2. The number of amides is 2. The molecule has 0 aliphatic carbocycles. The van der Waals surface area contributed by atoms with Gasteiger partial charge in [0.05, 0.1) is 12.3 Å². The lowest BCUT2D eigenvalue weighted by atomic mass is 9.98. The standard InChI is InChI=1S/C15H15N5OS.C13H17F2NO/c1-9-17-7-11(8-18-9)13-19-12(10-5-3-2-4-6-10)14(22-13)20-15(16)21;1-17-7-6-16-5-4-11(9-16)10-2-3-12(14)13(15)8-10/h2-8,13,19H,1H3,(H3,16,20,21);2-3,8,11H,4-7,9H2,1H3. The maximum Gasteiger partial charge on any atom is 0.317 e. The number of nitrogens with zero attached hydrogens (tertiary/aromatic N) is 3. The Morgan fingerprint density at radius 3 is 2.56 bits per heavy atom. The minimum Gasteiger partial charge on any atom is -0.383 e. The summed E-state index contributed by atoms with van der Waals surface area (Å²) in [5.74, 6) is -0.499. The Balaban J connectivity index is 0.000000187. The Morgan fingerprint density at radius 1 is 1.15 bits per heavy atom. The number of halogens is 2. The van der Waals surface area contributed by atoms with Gasteiger partial charge in [-0.25, -0.2) is 23.5 Å². The summed E-state index contributed by atoms with van der Waals surface area (Å²) < 4.78 is 31.0. The number of carbonyl (C=O) groups is 1. The fourth-order valence-electron chi connectivity index (χ4n) is 4.41. The molecule has 1 fully saturated rings. The maximum absolute atomic E-state index is 13.1. The van der Waals surface area contributed by atoms with Gasteiger partial charge in [0.2, 0.25) is 0 Å². The van der Waals surface area contributed by atoms with Crippen molar-refractivity contribution in [2.75, 3.05) is 33.4 Å². The van der Waals surface area contributed by atoms with E-state index in [1.165, 1.54) is 23.9 Å². The Kier molecular flexibility index (Phi) is 9.85. The van der Waals surface area contributed by atoms with Crippen LogP contribution in [0.3, 0.4) is 0 Å². The van der Waals surface area contributed by atoms with Gasteiger partial charge in [0.1, 0.15) is 16.2 Å². The first-order chi connectivity index (χ1) is 18.8. The topological polar surface area (TPSA) is 105 Å². The molecule has 2 unspecified atom stereocenters. The third-order valence-corrected chi connectivity index (χ3v) is 7.61. The van der Waals surface area contributed by atoms with Crippen LogP contribution in [-0.2, 0) is 4.74 Å². The van der Waals surface area contributed by atoms with E-state index in [2.05, 4.69) is 25.5 Å². The highest BCUT2D eigenvalue weighted by Gasteiger charge is 2.28. The van der Waals surface area contributed by atoms with E-state index in [1.54, 1.807) is 25.6 Å². The number of nitrogens with one attached hydrogen (secondary N) is 2. The van der Waals surface area contributed by atoms with Gasteiger partial charge in [0.25, 0.3) is 0 Å². The quantitative estimate of drug-likeness (QED) is 0.395. The van der Waals surface area contributed by atoms with Gasteiger partial charge in [-0.05, 0) is 43.5 Å². The van der Waals surface area contributed by atoms with Crippen LogP contribution in [0, 0.1) is 18.6 Å². The SMILES string of the molecule is COCCN1CCC(c2ccc(F)c(F)c2)C1.Cc1ncc(C2NC(c3ccccc3)=C(NC(N)=O)S2)cn1. The molecule has 1 saturated heterocycles. The molecule has 0 bridgehead atoms. The lowest BCUT2D eigenvalue weighted by molar-refractivity contribution is 0.160. The summed E-state index contributed by atoms with van der Waals surface area (Å²) in [6.07, 6.45) is 4.56. The largest absolute Gasteiger partial charge is 0.383 e. The van der Waals surface area contributed by atoms with Gasteiger partial charge >= 0.3 is 6.03 Å². The van der Waals surface area contributed by atoms with Gasteiger partial charge in [-0.2, -0.15) is 0 Å². The average Bonchev–Trinajstić information content (AvgIpc) is 3.58. The average molecular weight is 555 g/mol. The van der Waals surface area contributed by atoms with E-state index in [0.29, 0.717) is 17.6 Å². The lowest BCUT2D eigenvalue weighted by Gasteiger charge is -2.15. The number of likely N-dealkylation sites (tertiary alicyclic amines) is 1. The number of thioether (sulfide) groups is 1. The molecular formula is C28H32F2N6O2S. The molecular weight excluding hydrogens is 522 g/mol. The zero-order valence-corrected chi connectivity index (χ0v) is 22.7. The van der Waals surface area contributed by atoms with Crippen LogP contribution in [0.1, 0.15) is 40.2 Å². The van der Waals surface area contributed by atoms with E-state index in [9.17, 15) is 13.6 Å². The zero-order valence-electron chi connectivity index (χ0n) is 21.9. The molecule has 3 heterocycles. The Bertz CT molecular complexity index is 1290. The van der Waals surface area contributed by atoms with Crippen LogP contribution in [-0.4, -0.2) is 54.2 Å². The summed E-state index contributed by atoms with van der Waals surface area (Å²) in [6.45, 7) is 5.34. The van der Waals surface area contributed by atoms with Crippen LogP contribution in [0.5, 0.6) is 0 Å². The van der Waals surface area contributed by atoms with Gasteiger partial charge in [-0.15, -0.1) is 0 Å². The first-order valence-corrected chi connectivity index (χ1v) is 13.5. The van der Waals surface area contributed by atoms with Gasteiger partial charge in [-0.3, -0.25) is 0 Å². The minimum atomic E-state index is -0.775. The van der Waals surface area contributed by atoms with Crippen LogP contribution in [0.2, 0.25) is 0 Å². The van der Waals surface area contributed by atoms with Gasteiger partial charge in [0, 0.05) is 43.7 Å². The number of ether oxygens (including phenoxy) is 1. The van der Waals surface area contributed by atoms with Gasteiger partial charge in [0.15, 0.2) is 11.6 Å². The Labute approximate surface area is 231 Å². The second kappa shape index (κ2) is 13.5. The summed E-state index contributed by atoms with van der Waals surface area (Å²) in [5, 5.41) is 6.70. The second-order valence-corrected chi connectivity index (χ2v) is 10.3. The van der Waals surface area contributed by atoms with Crippen LogP contribution in [0.15, 0.2) is 66.0 Å². The van der Waals surface area contributed by atoms with Crippen LogP contribution in [0.4, 0.5) is 13.6 Å². The van der Waals surface area contributed by atoms with E-state index in [0.717, 1.165) is 54.3 Å². The second-order valence-electron chi connectivity index (χ2n) is 9.22. The number of nitrogens with two attached hydrogens (primary N) is 1. The van der Waals surface area contributed by atoms with Crippen molar-refractivity contribution in [3.05, 3.63) is 100 Å². The van der Waals surface area contributed by atoms with Crippen molar-refractivity contribution in [1.82, 2.24) is 25.5 Å². The third-order valence-electron chi connectivity index (χ3n) is 6.44. The Hall–Kier alpha value is -3.54. The van der Waals surface area contributed by atoms with E-state index in [-0.39, 0.29) is 5.37 Å². The van der Waals surface area contributed by atoms with Crippen molar-refractivity contribution < 1.29 is 18.3 Å². The van der Waals surface area contributed by atoms with Crippen molar-refractivity contribution in [3.8, 4) is 0 Å². The molecule has 39 heavy (non-hydrogen) atoms. The highest BCUT2D eigenvalue weighted by Crippen LogP contribution is 2.41. The molecule has 5 rings (SSSR count). The Morgan fingerprint density at radius 2 is 1.90 bits per heavy atom. The zero-order chi connectivity index (χ0) is 27.8. The fourth-order valence-corrected chi connectivity index (χ4v) is 5.53. The molecule has 11 heteroatoms. The molecule has 2 aliphatic rings. The first-order valence-electron chi connectivity index (χ1n) is 12.6. The third kappa shape index (κ3) is 7.75. The number of aryl methyl sites for hydroxylation is 1.